The van der Waals surface area contributed by atoms with Crippen molar-refractivity contribution < 1.29 is 14.2 Å². The molecule has 1 aromatic rings. The van der Waals surface area contributed by atoms with Crippen molar-refractivity contribution in [2.24, 2.45) is 4.99 Å². The van der Waals surface area contributed by atoms with Gasteiger partial charge in [0.15, 0.2) is 5.96 Å². The van der Waals surface area contributed by atoms with Gasteiger partial charge < -0.3 is 24.8 Å². The molecule has 0 fully saturated rings. The fraction of sp³-hybridized carbons (Fsp3) is 0.611. The Balaban J connectivity index is 0.00000576. The number of hydrogen-bond donors (Lipinski definition) is 2. The van der Waals surface area contributed by atoms with Crippen LogP contribution in [0.25, 0.3) is 0 Å². The van der Waals surface area contributed by atoms with Crippen LogP contribution in [0.4, 0.5) is 0 Å². The van der Waals surface area contributed by atoms with Crippen LogP contribution in [-0.4, -0.2) is 53.1 Å². The van der Waals surface area contributed by atoms with Crippen LogP contribution in [0.2, 0.25) is 0 Å². The number of rotatable bonds is 12. The van der Waals surface area contributed by atoms with E-state index in [4.69, 9.17) is 14.2 Å². The minimum atomic E-state index is 0. The van der Waals surface area contributed by atoms with E-state index >= 15 is 0 Å². The van der Waals surface area contributed by atoms with E-state index in [-0.39, 0.29) is 24.0 Å². The number of benzene rings is 1. The van der Waals surface area contributed by atoms with Crippen molar-refractivity contribution in [3.05, 3.63) is 29.8 Å². The number of unbranched alkanes of at least 4 members (excludes halogenated alkanes) is 1. The number of nitrogens with one attached hydrogen (secondary N) is 2. The highest BCUT2D eigenvalue weighted by Crippen LogP contribution is 2.13. The number of methoxy groups -OCH3 is 2. The van der Waals surface area contributed by atoms with Gasteiger partial charge in [0, 0.05) is 26.8 Å². The summed E-state index contributed by atoms with van der Waals surface area (Å²) in [7, 11) is 3.35. The predicted octanol–water partition coefficient (Wildman–Crippen LogP) is 2.81. The quantitative estimate of drug-likeness (QED) is 0.215. The normalized spacial score (nSPS) is 10.9. The van der Waals surface area contributed by atoms with Crippen molar-refractivity contribution >= 4 is 29.9 Å². The highest BCUT2D eigenvalue weighted by molar-refractivity contribution is 14.0. The monoisotopic (exact) mass is 465 g/mol. The molecule has 0 aliphatic heterocycles. The number of hydrogen-bond acceptors (Lipinski definition) is 4. The molecule has 0 unspecified atom stereocenters. The van der Waals surface area contributed by atoms with Gasteiger partial charge in [-0.3, -0.25) is 0 Å². The molecule has 0 spiro atoms. The summed E-state index contributed by atoms with van der Waals surface area (Å²) in [5.74, 6) is 1.69. The van der Waals surface area contributed by atoms with Crippen LogP contribution in [0.5, 0.6) is 5.75 Å². The molecule has 2 N–H and O–H groups in total. The molecule has 1 aromatic carbocycles. The summed E-state index contributed by atoms with van der Waals surface area (Å²) in [5, 5.41) is 6.61. The summed E-state index contributed by atoms with van der Waals surface area (Å²) in [4.78, 5) is 4.61. The Kier molecular flexibility index (Phi) is 15.7. The van der Waals surface area contributed by atoms with E-state index in [9.17, 15) is 0 Å². The van der Waals surface area contributed by atoms with Crippen LogP contribution in [0.15, 0.2) is 29.3 Å². The zero-order valence-electron chi connectivity index (χ0n) is 15.5. The van der Waals surface area contributed by atoms with Gasteiger partial charge in [0.2, 0.25) is 0 Å². The van der Waals surface area contributed by atoms with Gasteiger partial charge in [-0.15, -0.1) is 24.0 Å². The fourth-order valence-corrected chi connectivity index (χ4v) is 2.06. The van der Waals surface area contributed by atoms with Crippen molar-refractivity contribution in [1.82, 2.24) is 10.6 Å². The standard InChI is InChI=1S/C18H31N3O3.HI/c1-4-19-18(20-10-5-6-11-24-13-12-22-2)21-15-16-8-7-9-17(14-16)23-3;/h7-9,14H,4-6,10-13,15H2,1-3H3,(H2,19,20,21);1H. The van der Waals surface area contributed by atoms with Gasteiger partial charge in [-0.1, -0.05) is 12.1 Å². The first-order valence-corrected chi connectivity index (χ1v) is 8.52. The molecule has 7 heteroatoms. The topological polar surface area (TPSA) is 64.1 Å². The van der Waals surface area contributed by atoms with E-state index in [1.807, 2.05) is 24.3 Å². The van der Waals surface area contributed by atoms with Crippen LogP contribution < -0.4 is 15.4 Å². The van der Waals surface area contributed by atoms with Crippen LogP contribution in [0.1, 0.15) is 25.3 Å². The molecular weight excluding hydrogens is 433 g/mol. The summed E-state index contributed by atoms with van der Waals surface area (Å²) in [6.07, 6.45) is 2.06. The molecule has 6 nitrogen and oxygen atoms in total. The Morgan fingerprint density at radius 3 is 2.64 bits per heavy atom. The average molecular weight is 465 g/mol. The third-order valence-corrected chi connectivity index (χ3v) is 3.34. The lowest BCUT2D eigenvalue weighted by atomic mass is 10.2. The maximum Gasteiger partial charge on any atom is 0.191 e. The smallest absolute Gasteiger partial charge is 0.191 e. The van der Waals surface area contributed by atoms with E-state index in [0.717, 1.165) is 49.8 Å². The first-order valence-electron chi connectivity index (χ1n) is 8.52. The van der Waals surface area contributed by atoms with E-state index in [1.54, 1.807) is 14.2 Å². The van der Waals surface area contributed by atoms with E-state index < -0.39 is 0 Å². The largest absolute Gasteiger partial charge is 0.497 e. The summed E-state index contributed by atoms with van der Waals surface area (Å²) in [6, 6.07) is 7.97. The van der Waals surface area contributed by atoms with Crippen molar-refractivity contribution in [1.29, 1.82) is 0 Å². The average Bonchev–Trinajstić information content (AvgIpc) is 2.62. The van der Waals surface area contributed by atoms with Crippen molar-refractivity contribution in [2.75, 3.05) is 47.1 Å². The van der Waals surface area contributed by atoms with Gasteiger partial charge >= 0.3 is 0 Å². The van der Waals surface area contributed by atoms with Crippen molar-refractivity contribution in [3.8, 4) is 5.75 Å². The molecule has 0 aliphatic rings. The van der Waals surface area contributed by atoms with Gasteiger partial charge in [0.1, 0.15) is 5.75 Å². The molecule has 25 heavy (non-hydrogen) atoms. The zero-order valence-corrected chi connectivity index (χ0v) is 17.9. The molecule has 0 amide bonds. The Morgan fingerprint density at radius 1 is 1.08 bits per heavy atom. The number of nitrogens with zero attached hydrogens (tertiary/aromatic N) is 1. The summed E-state index contributed by atoms with van der Waals surface area (Å²) < 4.78 is 15.6. The van der Waals surface area contributed by atoms with E-state index in [1.165, 1.54) is 0 Å². The third-order valence-electron chi connectivity index (χ3n) is 3.34. The van der Waals surface area contributed by atoms with Gasteiger partial charge in [0.25, 0.3) is 0 Å². The molecule has 0 saturated heterocycles. The van der Waals surface area contributed by atoms with Gasteiger partial charge in [-0.2, -0.15) is 0 Å². The van der Waals surface area contributed by atoms with Crippen LogP contribution in [-0.2, 0) is 16.0 Å². The zero-order chi connectivity index (χ0) is 17.5. The van der Waals surface area contributed by atoms with Crippen LogP contribution >= 0.6 is 24.0 Å². The second kappa shape index (κ2) is 16.4. The number of ether oxygens (including phenoxy) is 3. The second-order valence-electron chi connectivity index (χ2n) is 5.29. The van der Waals surface area contributed by atoms with Crippen LogP contribution in [0, 0.1) is 0 Å². The van der Waals surface area contributed by atoms with E-state index in [2.05, 4.69) is 22.5 Å². The van der Waals surface area contributed by atoms with Gasteiger partial charge in [-0.05, 0) is 37.5 Å². The molecule has 0 heterocycles. The van der Waals surface area contributed by atoms with Gasteiger partial charge in [0.05, 0.1) is 26.9 Å². The molecule has 0 bridgehead atoms. The molecule has 0 saturated carbocycles. The second-order valence-corrected chi connectivity index (χ2v) is 5.29. The molecule has 1 rings (SSSR count). The molecule has 144 valence electrons. The minimum Gasteiger partial charge on any atom is -0.497 e. The van der Waals surface area contributed by atoms with Crippen LogP contribution in [0.3, 0.4) is 0 Å². The first kappa shape index (κ1) is 23.9. The molecule has 0 aromatic heterocycles. The lowest BCUT2D eigenvalue weighted by molar-refractivity contribution is 0.0689. The Hall–Kier alpha value is -1.06. The summed E-state index contributed by atoms with van der Waals surface area (Å²) in [6.45, 7) is 6.47. The maximum absolute atomic E-state index is 5.45. The van der Waals surface area contributed by atoms with Crippen molar-refractivity contribution in [2.45, 2.75) is 26.3 Å². The number of aliphatic imine (C=N–C) groups is 1. The summed E-state index contributed by atoms with van der Waals surface area (Å²) in [5.41, 5.74) is 1.12. The third kappa shape index (κ3) is 12.0. The number of halogens is 1. The highest BCUT2D eigenvalue weighted by Gasteiger charge is 1.99. The maximum atomic E-state index is 5.45. The molecule has 0 atom stereocenters. The highest BCUT2D eigenvalue weighted by atomic mass is 127. The fourth-order valence-electron chi connectivity index (χ4n) is 2.06. The van der Waals surface area contributed by atoms with Gasteiger partial charge in [-0.25, -0.2) is 4.99 Å². The Morgan fingerprint density at radius 2 is 1.92 bits per heavy atom. The van der Waals surface area contributed by atoms with Crippen molar-refractivity contribution in [3.63, 3.8) is 0 Å². The molecular formula is C18H32IN3O3. The SMILES string of the molecule is CCNC(=NCc1cccc(OC)c1)NCCCCOCCOC.I. The lowest BCUT2D eigenvalue weighted by Crippen LogP contribution is -2.37. The lowest BCUT2D eigenvalue weighted by Gasteiger charge is -2.11. The minimum absolute atomic E-state index is 0. The molecule has 0 radical (unpaired) electrons. The number of guanidine groups is 1. The van der Waals surface area contributed by atoms with E-state index in [0.29, 0.717) is 19.8 Å². The Labute approximate surface area is 168 Å². The summed E-state index contributed by atoms with van der Waals surface area (Å²) >= 11 is 0. The predicted molar refractivity (Wildman–Crippen MR) is 113 cm³/mol. The first-order chi connectivity index (χ1) is 11.8. The molecule has 0 aliphatic carbocycles. The Bertz CT molecular complexity index is 473.